The fraction of sp³-hybridized carbons (Fsp3) is 0.400. The van der Waals surface area contributed by atoms with E-state index in [9.17, 15) is 25.0 Å². The lowest BCUT2D eigenvalue weighted by molar-refractivity contribution is -0.394. The second-order valence-electron chi connectivity index (χ2n) is 5.31. The minimum Gasteiger partial charge on any atom is -0.478 e. The maximum Gasteiger partial charge on any atom is 0.331 e. The van der Waals surface area contributed by atoms with Crippen molar-refractivity contribution in [3.05, 3.63) is 49.1 Å². The number of hydrogen-bond acceptors (Lipinski definition) is 5. The molecule has 1 aromatic carbocycles. The summed E-state index contributed by atoms with van der Waals surface area (Å²) in [6, 6.07) is 2.16. The number of nitro benzene ring substituents is 2. The largest absolute Gasteiger partial charge is 0.478 e. The zero-order valence-electron chi connectivity index (χ0n) is 13.3. The summed E-state index contributed by atoms with van der Waals surface area (Å²) in [5, 5.41) is 31.5. The number of non-ortho nitro benzene ring substituents is 1. The summed E-state index contributed by atoms with van der Waals surface area (Å²) < 4.78 is 0. The van der Waals surface area contributed by atoms with Crippen molar-refractivity contribution in [3.8, 4) is 0 Å². The second kappa shape index (κ2) is 6.99. The van der Waals surface area contributed by atoms with Gasteiger partial charge in [0.1, 0.15) is 0 Å². The molecule has 0 aliphatic carbocycles. The number of carboxylic acid groups (broad SMARTS) is 1. The Labute approximate surface area is 132 Å². The van der Waals surface area contributed by atoms with Crippen molar-refractivity contribution in [2.45, 2.75) is 40.0 Å². The van der Waals surface area contributed by atoms with Crippen LogP contribution >= 0.6 is 0 Å². The van der Waals surface area contributed by atoms with Gasteiger partial charge in [-0.1, -0.05) is 13.8 Å². The molecule has 1 atom stereocenters. The molecule has 0 aliphatic heterocycles. The number of allylic oxidation sites excluding steroid dienone is 1. The Morgan fingerprint density at radius 3 is 2.17 bits per heavy atom. The number of rotatable bonds is 6. The maximum atomic E-state index is 11.4. The monoisotopic (exact) mass is 322 g/mol. The molecule has 0 radical (unpaired) electrons. The summed E-state index contributed by atoms with van der Waals surface area (Å²) in [7, 11) is 0. The molecule has 0 bridgehead atoms. The highest BCUT2D eigenvalue weighted by atomic mass is 16.6. The zero-order chi connectivity index (χ0) is 17.9. The van der Waals surface area contributed by atoms with Gasteiger partial charge in [-0.2, -0.15) is 0 Å². The highest BCUT2D eigenvalue weighted by Gasteiger charge is 2.28. The Morgan fingerprint density at radius 1 is 1.22 bits per heavy atom. The number of nitro groups is 2. The lowest BCUT2D eigenvalue weighted by atomic mass is 9.87. The third-order valence-electron chi connectivity index (χ3n) is 3.94. The molecule has 0 amide bonds. The summed E-state index contributed by atoms with van der Waals surface area (Å²) >= 11 is 0. The van der Waals surface area contributed by atoms with E-state index in [0.717, 1.165) is 6.07 Å². The number of carbonyl (C=O) groups is 1. The van der Waals surface area contributed by atoms with Crippen molar-refractivity contribution < 1.29 is 19.7 Å². The molecule has 1 N–H and O–H groups in total. The van der Waals surface area contributed by atoms with Crippen molar-refractivity contribution in [2.75, 3.05) is 0 Å². The van der Waals surface area contributed by atoms with Crippen molar-refractivity contribution in [3.63, 3.8) is 0 Å². The van der Waals surface area contributed by atoms with Crippen LogP contribution in [-0.4, -0.2) is 20.9 Å². The van der Waals surface area contributed by atoms with Gasteiger partial charge in [0.25, 0.3) is 11.4 Å². The highest BCUT2D eigenvalue weighted by Crippen LogP contribution is 2.39. The SMILES string of the molecule is CCC(C)c1cc([N+](=O)[O-])cc([N+](=O)[O-])c1C(C)=C(C)C(=O)O. The first-order valence-corrected chi connectivity index (χ1v) is 6.99. The Morgan fingerprint density at radius 2 is 1.78 bits per heavy atom. The van der Waals surface area contributed by atoms with Crippen molar-refractivity contribution >= 4 is 22.9 Å². The summed E-state index contributed by atoms with van der Waals surface area (Å²) in [4.78, 5) is 32.2. The topological polar surface area (TPSA) is 124 Å². The molecule has 1 rings (SSSR count). The third kappa shape index (κ3) is 3.71. The minimum absolute atomic E-state index is 0.0356. The first-order chi connectivity index (χ1) is 10.6. The molecule has 0 aromatic heterocycles. The first-order valence-electron chi connectivity index (χ1n) is 6.99. The third-order valence-corrected chi connectivity index (χ3v) is 3.94. The quantitative estimate of drug-likeness (QED) is 0.481. The van der Waals surface area contributed by atoms with Gasteiger partial charge in [0.15, 0.2) is 0 Å². The first kappa shape index (κ1) is 18.3. The lowest BCUT2D eigenvalue weighted by Crippen LogP contribution is -2.07. The average Bonchev–Trinajstić information content (AvgIpc) is 2.50. The molecule has 0 saturated heterocycles. The number of carboxylic acids is 1. The predicted octanol–water partition coefficient (Wildman–Crippen LogP) is 3.89. The van der Waals surface area contributed by atoms with Crippen LogP contribution in [-0.2, 0) is 4.79 Å². The van der Waals surface area contributed by atoms with E-state index in [1.807, 2.05) is 6.92 Å². The molecular formula is C15H18N2O6. The molecular weight excluding hydrogens is 304 g/mol. The number of benzene rings is 1. The molecule has 0 spiro atoms. The second-order valence-corrected chi connectivity index (χ2v) is 5.31. The summed E-state index contributed by atoms with van der Waals surface area (Å²) in [5.41, 5.74) is -0.0774. The van der Waals surface area contributed by atoms with Crippen LogP contribution in [0.25, 0.3) is 5.57 Å². The van der Waals surface area contributed by atoms with E-state index >= 15 is 0 Å². The van der Waals surface area contributed by atoms with Gasteiger partial charge in [-0.3, -0.25) is 20.2 Å². The fourth-order valence-corrected chi connectivity index (χ4v) is 2.25. The van der Waals surface area contributed by atoms with E-state index in [1.165, 1.54) is 19.9 Å². The zero-order valence-corrected chi connectivity index (χ0v) is 13.3. The van der Waals surface area contributed by atoms with Gasteiger partial charge < -0.3 is 5.11 Å². The van der Waals surface area contributed by atoms with E-state index in [2.05, 4.69) is 0 Å². The minimum atomic E-state index is -1.19. The molecule has 0 aliphatic rings. The molecule has 1 aromatic rings. The van der Waals surface area contributed by atoms with E-state index in [-0.39, 0.29) is 28.3 Å². The molecule has 1 unspecified atom stereocenters. The van der Waals surface area contributed by atoms with Gasteiger partial charge in [0.05, 0.1) is 21.5 Å². The molecule has 8 heteroatoms. The van der Waals surface area contributed by atoms with Gasteiger partial charge >= 0.3 is 5.97 Å². The van der Waals surface area contributed by atoms with Crippen molar-refractivity contribution in [1.82, 2.24) is 0 Å². The van der Waals surface area contributed by atoms with Crippen LogP contribution in [0.2, 0.25) is 0 Å². The van der Waals surface area contributed by atoms with E-state index in [4.69, 9.17) is 5.11 Å². The molecule has 0 saturated carbocycles. The van der Waals surface area contributed by atoms with E-state index in [1.54, 1.807) is 6.92 Å². The summed E-state index contributed by atoms with van der Waals surface area (Å²) in [6.07, 6.45) is 0.602. The Hall–Kier alpha value is -2.77. The number of aliphatic carboxylic acids is 1. The van der Waals surface area contributed by atoms with E-state index in [0.29, 0.717) is 12.0 Å². The number of hydrogen-bond donors (Lipinski definition) is 1. The molecule has 0 fully saturated rings. The van der Waals surface area contributed by atoms with Crippen LogP contribution < -0.4 is 0 Å². The fourth-order valence-electron chi connectivity index (χ4n) is 2.25. The van der Waals surface area contributed by atoms with Gasteiger partial charge in [-0.25, -0.2) is 4.79 Å². The van der Waals surface area contributed by atoms with Crippen LogP contribution in [0.4, 0.5) is 11.4 Å². The molecule has 0 heterocycles. The van der Waals surface area contributed by atoms with Crippen LogP contribution in [0.3, 0.4) is 0 Å². The van der Waals surface area contributed by atoms with Crippen LogP contribution in [0, 0.1) is 20.2 Å². The van der Waals surface area contributed by atoms with Crippen LogP contribution in [0.1, 0.15) is 51.2 Å². The van der Waals surface area contributed by atoms with Gasteiger partial charge in [0, 0.05) is 11.6 Å². The average molecular weight is 322 g/mol. The standard InChI is InChI=1S/C15H18N2O6/c1-5-8(2)12-6-11(16(20)21)7-13(17(22)23)14(12)9(3)10(4)15(18)19/h6-8H,5H2,1-4H3,(H,18,19). The van der Waals surface area contributed by atoms with Gasteiger partial charge in [-0.05, 0) is 37.3 Å². The highest BCUT2D eigenvalue weighted by molar-refractivity contribution is 5.97. The molecule has 23 heavy (non-hydrogen) atoms. The molecule has 124 valence electrons. The van der Waals surface area contributed by atoms with Crippen LogP contribution in [0.5, 0.6) is 0 Å². The van der Waals surface area contributed by atoms with Crippen molar-refractivity contribution in [1.29, 1.82) is 0 Å². The number of nitrogens with zero attached hydrogens (tertiary/aromatic N) is 2. The maximum absolute atomic E-state index is 11.4. The van der Waals surface area contributed by atoms with Gasteiger partial charge in [-0.15, -0.1) is 0 Å². The van der Waals surface area contributed by atoms with Crippen LogP contribution in [0.15, 0.2) is 17.7 Å². The van der Waals surface area contributed by atoms with Gasteiger partial charge in [0.2, 0.25) is 0 Å². The smallest absolute Gasteiger partial charge is 0.331 e. The Bertz CT molecular complexity index is 708. The Kier molecular flexibility index (Phi) is 5.56. The molecule has 8 nitrogen and oxygen atoms in total. The normalized spacial score (nSPS) is 13.2. The summed E-state index contributed by atoms with van der Waals surface area (Å²) in [6.45, 7) is 6.46. The summed E-state index contributed by atoms with van der Waals surface area (Å²) in [5.74, 6) is -1.38. The van der Waals surface area contributed by atoms with E-state index < -0.39 is 21.5 Å². The predicted molar refractivity (Wildman–Crippen MR) is 84.4 cm³/mol. The Balaban J connectivity index is 3.91. The van der Waals surface area contributed by atoms with Crippen molar-refractivity contribution in [2.24, 2.45) is 0 Å². The lowest BCUT2D eigenvalue weighted by Gasteiger charge is -2.16.